The highest BCUT2D eigenvalue weighted by atomic mass is 79.9. The summed E-state index contributed by atoms with van der Waals surface area (Å²) in [5, 5.41) is 6.04. The van der Waals surface area contributed by atoms with Crippen LogP contribution in [0.5, 0.6) is 0 Å². The molecular formula is C19H15BrN4O. The molecule has 0 aliphatic carbocycles. The Morgan fingerprint density at radius 2 is 1.96 bits per heavy atom. The van der Waals surface area contributed by atoms with Crippen molar-refractivity contribution in [2.45, 2.75) is 6.92 Å². The largest absolute Gasteiger partial charge is 0.350 e. The molecule has 0 aliphatic rings. The van der Waals surface area contributed by atoms with Crippen molar-refractivity contribution in [3.8, 4) is 0 Å². The van der Waals surface area contributed by atoms with Crippen LogP contribution in [-0.2, 0) is 7.05 Å². The summed E-state index contributed by atoms with van der Waals surface area (Å²) in [7, 11) is 1.99. The molecule has 124 valence electrons. The molecule has 0 amide bonds. The van der Waals surface area contributed by atoms with Gasteiger partial charge in [-0.3, -0.25) is 4.79 Å². The number of benzene rings is 2. The van der Waals surface area contributed by atoms with Gasteiger partial charge in [0.2, 0.25) is 0 Å². The monoisotopic (exact) mass is 394 g/mol. The van der Waals surface area contributed by atoms with Crippen molar-refractivity contribution in [1.82, 2.24) is 14.2 Å². The smallest absolute Gasteiger partial charge is 0.282 e. The minimum Gasteiger partial charge on any atom is -0.350 e. The van der Waals surface area contributed by atoms with E-state index in [9.17, 15) is 4.79 Å². The van der Waals surface area contributed by atoms with Crippen LogP contribution in [0.25, 0.3) is 21.8 Å². The molecule has 0 unspecified atom stereocenters. The molecule has 0 atom stereocenters. The van der Waals surface area contributed by atoms with Crippen molar-refractivity contribution in [3.63, 3.8) is 0 Å². The second-order valence-electron chi connectivity index (χ2n) is 5.89. The first-order valence-electron chi connectivity index (χ1n) is 7.82. The predicted molar refractivity (Wildman–Crippen MR) is 104 cm³/mol. The molecule has 0 radical (unpaired) electrons. The minimum absolute atomic E-state index is 0.180. The third kappa shape index (κ3) is 2.68. The minimum atomic E-state index is -0.180. The van der Waals surface area contributed by atoms with Crippen LogP contribution < -0.4 is 5.56 Å². The number of aryl methyl sites for hydroxylation is 2. The standard InChI is InChI=1S/C19H15BrN4O/c1-12-22-17-8-7-14(20)9-16(17)19(25)24(12)21-10-13-11-23(2)18-6-4-3-5-15(13)18/h3-11H,1-2H3. The molecule has 0 saturated carbocycles. The Kier molecular flexibility index (Phi) is 3.77. The number of aromatic nitrogens is 3. The third-order valence-corrected chi connectivity index (χ3v) is 4.70. The Morgan fingerprint density at radius 3 is 2.80 bits per heavy atom. The van der Waals surface area contributed by atoms with Gasteiger partial charge >= 0.3 is 0 Å². The molecule has 2 aromatic heterocycles. The van der Waals surface area contributed by atoms with Gasteiger partial charge in [0.25, 0.3) is 5.56 Å². The average Bonchev–Trinajstić information content (AvgIpc) is 2.92. The lowest BCUT2D eigenvalue weighted by Gasteiger charge is -2.05. The predicted octanol–water partition coefficient (Wildman–Crippen LogP) is 3.84. The molecule has 4 aromatic rings. The van der Waals surface area contributed by atoms with E-state index in [1.807, 2.05) is 48.1 Å². The van der Waals surface area contributed by atoms with Crippen LogP contribution in [0.3, 0.4) is 0 Å². The van der Waals surface area contributed by atoms with Gasteiger partial charge in [0, 0.05) is 34.2 Å². The van der Waals surface area contributed by atoms with Gasteiger partial charge in [-0.25, -0.2) is 4.98 Å². The normalized spacial score (nSPS) is 11.8. The van der Waals surface area contributed by atoms with E-state index in [1.165, 1.54) is 4.68 Å². The maximum atomic E-state index is 12.8. The fourth-order valence-corrected chi connectivity index (χ4v) is 3.35. The van der Waals surface area contributed by atoms with Crippen LogP contribution in [0.2, 0.25) is 0 Å². The van der Waals surface area contributed by atoms with Crippen LogP contribution in [0, 0.1) is 6.92 Å². The van der Waals surface area contributed by atoms with E-state index in [2.05, 4.69) is 32.1 Å². The first kappa shape index (κ1) is 15.8. The number of hydrogen-bond acceptors (Lipinski definition) is 3. The maximum absolute atomic E-state index is 12.8. The molecule has 6 heteroatoms. The fourth-order valence-electron chi connectivity index (χ4n) is 2.99. The van der Waals surface area contributed by atoms with Crippen LogP contribution in [0.15, 0.2) is 63.0 Å². The quantitative estimate of drug-likeness (QED) is 0.485. The van der Waals surface area contributed by atoms with E-state index < -0.39 is 0 Å². The van der Waals surface area contributed by atoms with Crippen molar-refractivity contribution in [1.29, 1.82) is 0 Å². The summed E-state index contributed by atoms with van der Waals surface area (Å²) >= 11 is 3.40. The van der Waals surface area contributed by atoms with Gasteiger partial charge in [0.1, 0.15) is 5.82 Å². The Balaban J connectivity index is 1.87. The van der Waals surface area contributed by atoms with Crippen molar-refractivity contribution in [3.05, 3.63) is 74.9 Å². The molecule has 25 heavy (non-hydrogen) atoms. The molecule has 0 aliphatic heterocycles. The zero-order valence-corrected chi connectivity index (χ0v) is 15.4. The summed E-state index contributed by atoms with van der Waals surface area (Å²) < 4.78 is 4.23. The summed E-state index contributed by atoms with van der Waals surface area (Å²) in [5.41, 5.74) is 2.56. The van der Waals surface area contributed by atoms with E-state index in [4.69, 9.17) is 0 Å². The van der Waals surface area contributed by atoms with Crippen LogP contribution in [0.4, 0.5) is 0 Å². The van der Waals surface area contributed by atoms with Crippen LogP contribution >= 0.6 is 15.9 Å². The average molecular weight is 395 g/mol. The van der Waals surface area contributed by atoms with Gasteiger partial charge in [0.05, 0.1) is 17.1 Å². The zero-order chi connectivity index (χ0) is 17.6. The van der Waals surface area contributed by atoms with E-state index in [1.54, 1.807) is 19.2 Å². The second-order valence-corrected chi connectivity index (χ2v) is 6.81. The molecule has 0 saturated heterocycles. The zero-order valence-electron chi connectivity index (χ0n) is 13.8. The topological polar surface area (TPSA) is 52.2 Å². The second kappa shape index (κ2) is 5.97. The molecule has 0 fully saturated rings. The van der Waals surface area contributed by atoms with Crippen molar-refractivity contribution >= 4 is 44.0 Å². The Labute approximate surface area is 152 Å². The van der Waals surface area contributed by atoms with Crippen molar-refractivity contribution in [2.75, 3.05) is 0 Å². The van der Waals surface area contributed by atoms with Gasteiger partial charge in [-0.05, 0) is 31.2 Å². The fraction of sp³-hybridized carbons (Fsp3) is 0.105. The Bertz CT molecular complexity index is 1200. The molecule has 0 bridgehead atoms. The van der Waals surface area contributed by atoms with Gasteiger partial charge in [0.15, 0.2) is 0 Å². The van der Waals surface area contributed by atoms with E-state index in [0.717, 1.165) is 20.9 Å². The Morgan fingerprint density at radius 1 is 1.16 bits per heavy atom. The number of nitrogens with zero attached hydrogens (tertiary/aromatic N) is 4. The van der Waals surface area contributed by atoms with Crippen molar-refractivity contribution < 1.29 is 0 Å². The van der Waals surface area contributed by atoms with Crippen LogP contribution in [0.1, 0.15) is 11.4 Å². The first-order chi connectivity index (χ1) is 12.0. The summed E-state index contributed by atoms with van der Waals surface area (Å²) in [5.74, 6) is 0.552. The number of hydrogen-bond donors (Lipinski definition) is 0. The lowest BCUT2D eigenvalue weighted by molar-refractivity contribution is 0.771. The van der Waals surface area contributed by atoms with Gasteiger partial charge in [-0.15, -0.1) is 0 Å². The van der Waals surface area contributed by atoms with Gasteiger partial charge in [-0.1, -0.05) is 34.1 Å². The molecule has 0 N–H and O–H groups in total. The number of halogens is 1. The van der Waals surface area contributed by atoms with Gasteiger partial charge in [-0.2, -0.15) is 9.78 Å². The number of rotatable bonds is 2. The lowest BCUT2D eigenvalue weighted by Crippen LogP contribution is -2.20. The summed E-state index contributed by atoms with van der Waals surface area (Å²) in [6.07, 6.45) is 3.71. The SMILES string of the molecule is Cc1nc2ccc(Br)cc2c(=O)n1N=Cc1cn(C)c2ccccc12. The molecule has 2 heterocycles. The third-order valence-electron chi connectivity index (χ3n) is 4.21. The van der Waals surface area contributed by atoms with E-state index in [-0.39, 0.29) is 5.56 Å². The highest BCUT2D eigenvalue weighted by Gasteiger charge is 2.08. The highest BCUT2D eigenvalue weighted by Crippen LogP contribution is 2.19. The Hall–Kier alpha value is -2.73. The lowest BCUT2D eigenvalue weighted by atomic mass is 10.2. The summed E-state index contributed by atoms with van der Waals surface area (Å²) in [6, 6.07) is 13.6. The van der Waals surface area contributed by atoms with E-state index in [0.29, 0.717) is 16.7 Å². The highest BCUT2D eigenvalue weighted by molar-refractivity contribution is 9.10. The molecule has 0 spiro atoms. The summed E-state index contributed by atoms with van der Waals surface area (Å²) in [6.45, 7) is 1.78. The van der Waals surface area contributed by atoms with Crippen molar-refractivity contribution in [2.24, 2.45) is 12.1 Å². The van der Waals surface area contributed by atoms with Gasteiger partial charge < -0.3 is 4.57 Å². The molecule has 4 rings (SSSR count). The summed E-state index contributed by atoms with van der Waals surface area (Å²) in [4.78, 5) is 17.3. The van der Waals surface area contributed by atoms with E-state index >= 15 is 0 Å². The van der Waals surface area contributed by atoms with Crippen LogP contribution in [-0.4, -0.2) is 20.4 Å². The number of fused-ring (bicyclic) bond motifs is 2. The maximum Gasteiger partial charge on any atom is 0.282 e. The molecular weight excluding hydrogens is 380 g/mol. The number of para-hydroxylation sites is 1. The first-order valence-corrected chi connectivity index (χ1v) is 8.61. The molecule has 5 nitrogen and oxygen atoms in total. The molecule has 2 aromatic carbocycles.